The van der Waals surface area contributed by atoms with Crippen LogP contribution in [0.3, 0.4) is 0 Å². The second-order valence-electron chi connectivity index (χ2n) is 4.33. The summed E-state index contributed by atoms with van der Waals surface area (Å²) in [5, 5.41) is 0. The Hall–Kier alpha value is -0.530. The molecule has 0 saturated carbocycles. The Balaban J connectivity index is 0.00000196. The lowest BCUT2D eigenvalue weighted by Crippen LogP contribution is -2.18. The van der Waals surface area contributed by atoms with Crippen LogP contribution in [0.2, 0.25) is 0 Å². The average Bonchev–Trinajstić information content (AvgIpc) is 2.14. The normalized spacial score (nSPS) is 14.2. The summed E-state index contributed by atoms with van der Waals surface area (Å²) in [7, 11) is 0. The van der Waals surface area contributed by atoms with E-state index in [1.165, 1.54) is 16.7 Å². The Labute approximate surface area is 99.5 Å². The molecule has 0 amide bonds. The number of rotatable bonds is 3. The summed E-state index contributed by atoms with van der Waals surface area (Å²) in [5.74, 6) is 0.552. The van der Waals surface area contributed by atoms with Crippen molar-refractivity contribution in [3.63, 3.8) is 0 Å². The molecule has 1 rings (SSSR count). The highest BCUT2D eigenvalue weighted by Gasteiger charge is 2.13. The summed E-state index contributed by atoms with van der Waals surface area (Å²) in [6, 6.07) is 6.76. The van der Waals surface area contributed by atoms with Crippen LogP contribution in [0.4, 0.5) is 0 Å². The molecule has 0 saturated heterocycles. The van der Waals surface area contributed by atoms with E-state index in [2.05, 4.69) is 45.9 Å². The van der Waals surface area contributed by atoms with Gasteiger partial charge in [0.05, 0.1) is 0 Å². The zero-order chi connectivity index (χ0) is 10.7. The number of hydrogen-bond donors (Lipinski definition) is 1. The first-order valence-corrected chi connectivity index (χ1v) is 5.38. The standard InChI is InChI=1S/C13H21N.ClH/c1-5-11(4)13(14)12-7-9(2)6-10(3)8-12;/h6-8,11,13H,5,14H2,1-4H3;1H/t11?,13-;/m1./s1. The van der Waals surface area contributed by atoms with E-state index in [9.17, 15) is 0 Å². The topological polar surface area (TPSA) is 26.0 Å². The Morgan fingerprint density at radius 2 is 1.60 bits per heavy atom. The van der Waals surface area contributed by atoms with E-state index in [0.29, 0.717) is 5.92 Å². The van der Waals surface area contributed by atoms with E-state index in [-0.39, 0.29) is 18.4 Å². The summed E-state index contributed by atoms with van der Waals surface area (Å²) in [6.45, 7) is 8.65. The minimum atomic E-state index is 0. The van der Waals surface area contributed by atoms with Crippen molar-refractivity contribution in [2.24, 2.45) is 11.7 Å². The van der Waals surface area contributed by atoms with E-state index < -0.39 is 0 Å². The lowest BCUT2D eigenvalue weighted by Gasteiger charge is -2.19. The molecule has 0 heterocycles. The van der Waals surface area contributed by atoms with Crippen LogP contribution >= 0.6 is 12.4 Å². The quantitative estimate of drug-likeness (QED) is 0.836. The monoisotopic (exact) mass is 227 g/mol. The summed E-state index contributed by atoms with van der Waals surface area (Å²) in [4.78, 5) is 0. The van der Waals surface area contributed by atoms with E-state index in [1.807, 2.05) is 0 Å². The van der Waals surface area contributed by atoms with Gasteiger partial charge in [0.2, 0.25) is 0 Å². The van der Waals surface area contributed by atoms with Crippen molar-refractivity contribution < 1.29 is 0 Å². The largest absolute Gasteiger partial charge is 0.324 e. The minimum Gasteiger partial charge on any atom is -0.324 e. The lowest BCUT2D eigenvalue weighted by atomic mass is 9.91. The third kappa shape index (κ3) is 3.84. The number of nitrogens with two attached hydrogens (primary N) is 1. The number of hydrogen-bond acceptors (Lipinski definition) is 1. The molecular formula is C13H22ClN. The second kappa shape index (κ2) is 6.14. The third-order valence-electron chi connectivity index (χ3n) is 2.89. The molecule has 86 valence electrons. The van der Waals surface area contributed by atoms with Gasteiger partial charge in [-0.1, -0.05) is 49.6 Å². The molecule has 1 aromatic rings. The predicted molar refractivity (Wildman–Crippen MR) is 69.5 cm³/mol. The Bertz CT molecular complexity index is 289. The molecule has 0 aliphatic rings. The number of benzene rings is 1. The zero-order valence-corrected chi connectivity index (χ0v) is 10.9. The van der Waals surface area contributed by atoms with Crippen LogP contribution < -0.4 is 5.73 Å². The highest BCUT2D eigenvalue weighted by molar-refractivity contribution is 5.85. The second-order valence-corrected chi connectivity index (χ2v) is 4.33. The highest BCUT2D eigenvalue weighted by Crippen LogP contribution is 2.23. The zero-order valence-electron chi connectivity index (χ0n) is 10.1. The first-order chi connectivity index (χ1) is 6.54. The van der Waals surface area contributed by atoms with E-state index in [0.717, 1.165) is 6.42 Å². The molecule has 0 spiro atoms. The summed E-state index contributed by atoms with van der Waals surface area (Å²) >= 11 is 0. The van der Waals surface area contributed by atoms with E-state index in [4.69, 9.17) is 5.73 Å². The van der Waals surface area contributed by atoms with Gasteiger partial charge >= 0.3 is 0 Å². The number of halogens is 1. The van der Waals surface area contributed by atoms with Crippen molar-refractivity contribution in [1.29, 1.82) is 0 Å². The number of aryl methyl sites for hydroxylation is 2. The smallest absolute Gasteiger partial charge is 0.0320 e. The maximum absolute atomic E-state index is 6.19. The Morgan fingerprint density at radius 3 is 2.00 bits per heavy atom. The van der Waals surface area contributed by atoms with Gasteiger partial charge in [-0.15, -0.1) is 12.4 Å². The van der Waals surface area contributed by atoms with Gasteiger partial charge in [0.15, 0.2) is 0 Å². The fraction of sp³-hybridized carbons (Fsp3) is 0.538. The van der Waals surface area contributed by atoms with Gasteiger partial charge in [0.25, 0.3) is 0 Å². The van der Waals surface area contributed by atoms with Crippen molar-refractivity contribution in [2.45, 2.75) is 40.2 Å². The summed E-state index contributed by atoms with van der Waals surface area (Å²) < 4.78 is 0. The van der Waals surface area contributed by atoms with Crippen LogP contribution in [0.15, 0.2) is 18.2 Å². The lowest BCUT2D eigenvalue weighted by molar-refractivity contribution is 0.456. The molecule has 1 nitrogen and oxygen atoms in total. The molecular weight excluding hydrogens is 206 g/mol. The molecule has 0 bridgehead atoms. The van der Waals surface area contributed by atoms with Gasteiger partial charge in [0, 0.05) is 6.04 Å². The maximum Gasteiger partial charge on any atom is 0.0320 e. The Morgan fingerprint density at radius 1 is 1.13 bits per heavy atom. The van der Waals surface area contributed by atoms with Gasteiger partial charge in [-0.2, -0.15) is 0 Å². The van der Waals surface area contributed by atoms with Crippen LogP contribution in [0, 0.1) is 19.8 Å². The van der Waals surface area contributed by atoms with Gasteiger partial charge in [-0.25, -0.2) is 0 Å². The summed E-state index contributed by atoms with van der Waals surface area (Å²) in [6.07, 6.45) is 1.13. The SMILES string of the molecule is CCC(C)[C@@H](N)c1cc(C)cc(C)c1.Cl. The average molecular weight is 228 g/mol. The fourth-order valence-electron chi connectivity index (χ4n) is 1.78. The molecule has 0 aliphatic carbocycles. The molecule has 2 atom stereocenters. The molecule has 0 fully saturated rings. The van der Waals surface area contributed by atoms with Crippen molar-refractivity contribution in [3.05, 3.63) is 34.9 Å². The minimum absolute atomic E-state index is 0. The van der Waals surface area contributed by atoms with Gasteiger partial charge in [-0.05, 0) is 25.3 Å². The highest BCUT2D eigenvalue weighted by atomic mass is 35.5. The van der Waals surface area contributed by atoms with Crippen LogP contribution in [-0.4, -0.2) is 0 Å². The molecule has 1 unspecified atom stereocenters. The molecule has 0 aromatic heterocycles. The first kappa shape index (κ1) is 14.5. The van der Waals surface area contributed by atoms with Crippen molar-refractivity contribution in [1.82, 2.24) is 0 Å². The van der Waals surface area contributed by atoms with E-state index >= 15 is 0 Å². The van der Waals surface area contributed by atoms with Crippen molar-refractivity contribution in [2.75, 3.05) is 0 Å². The molecule has 1 aromatic carbocycles. The molecule has 15 heavy (non-hydrogen) atoms. The summed E-state index contributed by atoms with van der Waals surface area (Å²) in [5.41, 5.74) is 10.1. The third-order valence-corrected chi connectivity index (χ3v) is 2.89. The van der Waals surface area contributed by atoms with Crippen LogP contribution in [0.5, 0.6) is 0 Å². The van der Waals surface area contributed by atoms with Gasteiger partial charge in [0.1, 0.15) is 0 Å². The van der Waals surface area contributed by atoms with Crippen molar-refractivity contribution >= 4 is 12.4 Å². The first-order valence-electron chi connectivity index (χ1n) is 5.38. The van der Waals surface area contributed by atoms with Crippen LogP contribution in [0.25, 0.3) is 0 Å². The Kier molecular flexibility index (Phi) is 5.92. The molecule has 2 heteroatoms. The van der Waals surface area contributed by atoms with Crippen LogP contribution in [-0.2, 0) is 0 Å². The van der Waals surface area contributed by atoms with Crippen LogP contribution in [0.1, 0.15) is 43.0 Å². The van der Waals surface area contributed by atoms with Crippen molar-refractivity contribution in [3.8, 4) is 0 Å². The molecule has 0 radical (unpaired) electrons. The van der Waals surface area contributed by atoms with E-state index in [1.54, 1.807) is 0 Å². The predicted octanol–water partition coefficient (Wildman–Crippen LogP) is 3.77. The van der Waals surface area contributed by atoms with Gasteiger partial charge < -0.3 is 5.73 Å². The molecule has 2 N–H and O–H groups in total. The molecule has 0 aliphatic heterocycles. The fourth-order valence-corrected chi connectivity index (χ4v) is 1.78. The maximum atomic E-state index is 6.19. The van der Waals surface area contributed by atoms with Gasteiger partial charge in [-0.3, -0.25) is 0 Å².